The molecule has 0 aliphatic carbocycles. The Morgan fingerprint density at radius 3 is 2.16 bits per heavy atom. The van der Waals surface area contributed by atoms with Crippen LogP contribution in [0, 0.1) is 5.82 Å². The van der Waals surface area contributed by atoms with Crippen LogP contribution < -0.4 is 4.74 Å². The maximum atomic E-state index is 12.7. The van der Waals surface area contributed by atoms with Crippen LogP contribution in [0.15, 0.2) is 48.5 Å². The van der Waals surface area contributed by atoms with E-state index in [1.165, 1.54) is 42.5 Å². The first-order chi connectivity index (χ1) is 8.97. The molecule has 0 amide bonds. The minimum Gasteiger partial charge on any atom is -0.489 e. The SMILES string of the molecule is Fc1ccc(OCc2ccccc2C(F)(F)F)cc1. The van der Waals surface area contributed by atoms with Gasteiger partial charge in [-0.05, 0) is 30.3 Å². The largest absolute Gasteiger partial charge is 0.489 e. The van der Waals surface area contributed by atoms with Gasteiger partial charge in [-0.1, -0.05) is 18.2 Å². The Balaban J connectivity index is 2.14. The monoisotopic (exact) mass is 270 g/mol. The lowest BCUT2D eigenvalue weighted by atomic mass is 10.1. The van der Waals surface area contributed by atoms with Crippen molar-refractivity contribution in [1.29, 1.82) is 0 Å². The molecule has 0 heterocycles. The Morgan fingerprint density at radius 1 is 0.895 bits per heavy atom. The zero-order chi connectivity index (χ0) is 13.9. The Morgan fingerprint density at radius 2 is 1.53 bits per heavy atom. The standard InChI is InChI=1S/C14H10F4O/c15-11-5-7-12(8-6-11)19-9-10-3-1-2-4-13(10)14(16,17)18/h1-8H,9H2. The molecule has 0 radical (unpaired) electrons. The molecule has 0 spiro atoms. The third-order valence-electron chi connectivity index (χ3n) is 2.53. The van der Waals surface area contributed by atoms with Gasteiger partial charge in [0.1, 0.15) is 18.2 Å². The number of hydrogen-bond donors (Lipinski definition) is 0. The molecular weight excluding hydrogens is 260 g/mol. The van der Waals surface area contributed by atoms with E-state index in [2.05, 4.69) is 0 Å². The lowest BCUT2D eigenvalue weighted by Crippen LogP contribution is -2.10. The molecule has 0 aliphatic rings. The molecule has 2 aromatic carbocycles. The Labute approximate surface area is 107 Å². The highest BCUT2D eigenvalue weighted by atomic mass is 19.4. The van der Waals surface area contributed by atoms with Crippen LogP contribution in [0.5, 0.6) is 5.75 Å². The molecule has 0 N–H and O–H groups in total. The van der Waals surface area contributed by atoms with Gasteiger partial charge in [-0.25, -0.2) is 4.39 Å². The first kappa shape index (κ1) is 13.4. The highest BCUT2D eigenvalue weighted by molar-refractivity contribution is 5.30. The molecule has 0 bridgehead atoms. The van der Waals surface area contributed by atoms with E-state index in [9.17, 15) is 17.6 Å². The third kappa shape index (κ3) is 3.47. The van der Waals surface area contributed by atoms with Gasteiger partial charge < -0.3 is 4.74 Å². The van der Waals surface area contributed by atoms with Crippen LogP contribution in [0.4, 0.5) is 17.6 Å². The lowest BCUT2D eigenvalue weighted by molar-refractivity contribution is -0.138. The molecule has 0 unspecified atom stereocenters. The summed E-state index contributed by atoms with van der Waals surface area (Å²) in [5, 5.41) is 0. The zero-order valence-corrected chi connectivity index (χ0v) is 9.75. The van der Waals surface area contributed by atoms with Gasteiger partial charge in [-0.2, -0.15) is 13.2 Å². The summed E-state index contributed by atoms with van der Waals surface area (Å²) in [6.45, 7) is -0.221. The van der Waals surface area contributed by atoms with Crippen molar-refractivity contribution in [3.63, 3.8) is 0 Å². The maximum absolute atomic E-state index is 12.7. The number of rotatable bonds is 3. The van der Waals surface area contributed by atoms with Gasteiger partial charge in [0.05, 0.1) is 5.56 Å². The van der Waals surface area contributed by atoms with Gasteiger partial charge in [0.15, 0.2) is 0 Å². The second-order valence-corrected chi connectivity index (χ2v) is 3.90. The van der Waals surface area contributed by atoms with Crippen LogP contribution in [0.1, 0.15) is 11.1 Å². The molecule has 19 heavy (non-hydrogen) atoms. The predicted octanol–water partition coefficient (Wildman–Crippen LogP) is 4.42. The molecule has 100 valence electrons. The fourth-order valence-electron chi connectivity index (χ4n) is 1.61. The molecule has 2 aromatic rings. The zero-order valence-electron chi connectivity index (χ0n) is 9.75. The summed E-state index contributed by atoms with van der Waals surface area (Å²) >= 11 is 0. The number of benzene rings is 2. The van der Waals surface area contributed by atoms with Crippen molar-refractivity contribution in [2.45, 2.75) is 12.8 Å². The summed E-state index contributed by atoms with van der Waals surface area (Å²) in [6, 6.07) is 10.3. The normalized spacial score (nSPS) is 11.4. The minimum atomic E-state index is -4.41. The number of halogens is 4. The van der Waals surface area contributed by atoms with E-state index in [1.54, 1.807) is 0 Å². The van der Waals surface area contributed by atoms with E-state index < -0.39 is 17.6 Å². The Hall–Kier alpha value is -2.04. The average Bonchev–Trinajstić information content (AvgIpc) is 2.37. The number of alkyl halides is 3. The number of hydrogen-bond acceptors (Lipinski definition) is 1. The van der Waals surface area contributed by atoms with Gasteiger partial charge in [-0.3, -0.25) is 0 Å². The van der Waals surface area contributed by atoms with Gasteiger partial charge >= 0.3 is 6.18 Å². The fourth-order valence-corrected chi connectivity index (χ4v) is 1.61. The van der Waals surface area contributed by atoms with Crippen molar-refractivity contribution in [2.75, 3.05) is 0 Å². The molecule has 0 atom stereocenters. The van der Waals surface area contributed by atoms with Crippen LogP contribution >= 0.6 is 0 Å². The van der Waals surface area contributed by atoms with E-state index in [4.69, 9.17) is 4.74 Å². The molecule has 5 heteroatoms. The van der Waals surface area contributed by atoms with Crippen molar-refractivity contribution in [2.24, 2.45) is 0 Å². The molecule has 0 aromatic heterocycles. The molecule has 0 saturated heterocycles. The van der Waals surface area contributed by atoms with Crippen molar-refractivity contribution < 1.29 is 22.3 Å². The highest BCUT2D eigenvalue weighted by Crippen LogP contribution is 2.32. The van der Waals surface area contributed by atoms with Crippen LogP contribution in [0.2, 0.25) is 0 Å². The molecule has 0 saturated carbocycles. The summed E-state index contributed by atoms with van der Waals surface area (Å²) in [7, 11) is 0. The van der Waals surface area contributed by atoms with E-state index in [0.717, 1.165) is 6.07 Å². The second kappa shape index (κ2) is 5.30. The number of ether oxygens (including phenoxy) is 1. The topological polar surface area (TPSA) is 9.23 Å². The predicted molar refractivity (Wildman–Crippen MR) is 62.2 cm³/mol. The molecule has 0 fully saturated rings. The highest BCUT2D eigenvalue weighted by Gasteiger charge is 2.32. The van der Waals surface area contributed by atoms with Gasteiger partial charge in [-0.15, -0.1) is 0 Å². The first-order valence-corrected chi connectivity index (χ1v) is 5.50. The van der Waals surface area contributed by atoms with Gasteiger partial charge in [0.25, 0.3) is 0 Å². The van der Waals surface area contributed by atoms with E-state index in [1.807, 2.05) is 0 Å². The molecule has 1 nitrogen and oxygen atoms in total. The van der Waals surface area contributed by atoms with Crippen LogP contribution in [-0.4, -0.2) is 0 Å². The van der Waals surface area contributed by atoms with E-state index in [-0.39, 0.29) is 12.2 Å². The maximum Gasteiger partial charge on any atom is 0.416 e. The molecule has 2 rings (SSSR count). The smallest absolute Gasteiger partial charge is 0.416 e. The van der Waals surface area contributed by atoms with Gasteiger partial charge in [0.2, 0.25) is 0 Å². The quantitative estimate of drug-likeness (QED) is 0.750. The van der Waals surface area contributed by atoms with Crippen LogP contribution in [0.3, 0.4) is 0 Å². The summed E-state index contributed by atoms with van der Waals surface area (Å²) in [5.74, 6) is -0.110. The Kier molecular flexibility index (Phi) is 3.74. The summed E-state index contributed by atoms with van der Waals surface area (Å²) < 4.78 is 56.0. The van der Waals surface area contributed by atoms with Crippen LogP contribution in [-0.2, 0) is 12.8 Å². The van der Waals surface area contributed by atoms with Crippen molar-refractivity contribution in [3.05, 3.63) is 65.5 Å². The molecular formula is C14H10F4O. The van der Waals surface area contributed by atoms with Crippen LogP contribution in [0.25, 0.3) is 0 Å². The average molecular weight is 270 g/mol. The summed E-state index contributed by atoms with van der Waals surface area (Å²) in [4.78, 5) is 0. The summed E-state index contributed by atoms with van der Waals surface area (Å²) in [5.41, 5.74) is -0.684. The van der Waals surface area contributed by atoms with E-state index in [0.29, 0.717) is 5.75 Å². The van der Waals surface area contributed by atoms with Crippen molar-refractivity contribution in [1.82, 2.24) is 0 Å². The summed E-state index contributed by atoms with van der Waals surface area (Å²) in [6.07, 6.45) is -4.41. The van der Waals surface area contributed by atoms with Crippen molar-refractivity contribution in [3.8, 4) is 5.75 Å². The second-order valence-electron chi connectivity index (χ2n) is 3.90. The molecule has 0 aliphatic heterocycles. The van der Waals surface area contributed by atoms with E-state index >= 15 is 0 Å². The lowest BCUT2D eigenvalue weighted by Gasteiger charge is -2.13. The first-order valence-electron chi connectivity index (χ1n) is 5.50. The van der Waals surface area contributed by atoms with Crippen molar-refractivity contribution >= 4 is 0 Å². The minimum absolute atomic E-state index is 0.0410. The third-order valence-corrected chi connectivity index (χ3v) is 2.53. The Bertz CT molecular complexity index is 546. The van der Waals surface area contributed by atoms with Gasteiger partial charge in [0, 0.05) is 5.56 Å². The fraction of sp³-hybridized carbons (Fsp3) is 0.143.